The second-order valence-electron chi connectivity index (χ2n) is 6.20. The van der Waals surface area contributed by atoms with Gasteiger partial charge in [-0.15, -0.1) is 0 Å². The number of nitrogens with zero attached hydrogens (tertiary/aromatic N) is 3. The molecule has 0 aliphatic carbocycles. The second kappa shape index (κ2) is 5.17. The zero-order valence-electron chi connectivity index (χ0n) is 12.7. The lowest BCUT2D eigenvalue weighted by Gasteiger charge is -2.29. The van der Waals surface area contributed by atoms with Crippen LogP contribution in [-0.4, -0.2) is 27.6 Å². The van der Waals surface area contributed by atoms with Crippen molar-refractivity contribution in [2.45, 2.75) is 51.5 Å². The molecule has 0 amide bonds. The molecule has 3 rings (SSSR count). The summed E-state index contributed by atoms with van der Waals surface area (Å²) in [5.74, 6) is 1.23. The van der Waals surface area contributed by atoms with Crippen molar-refractivity contribution in [1.82, 2.24) is 19.9 Å². The normalized spacial score (nSPS) is 23.0. The maximum atomic E-state index is 4.97. The van der Waals surface area contributed by atoms with Crippen LogP contribution in [0, 0.1) is 0 Å². The molecule has 4 nitrogen and oxygen atoms in total. The summed E-state index contributed by atoms with van der Waals surface area (Å²) in [6.07, 6.45) is 5.43. The summed E-state index contributed by atoms with van der Waals surface area (Å²) in [5.41, 5.74) is 2.23. The van der Waals surface area contributed by atoms with E-state index in [1.807, 2.05) is 12.3 Å². The van der Waals surface area contributed by atoms with Crippen LogP contribution in [0.5, 0.6) is 0 Å². The maximum Gasteiger partial charge on any atom is 0.160 e. The highest BCUT2D eigenvalue weighted by molar-refractivity contribution is 5.71. The molecule has 2 aromatic rings. The molecule has 0 aromatic carbocycles. The molecular formula is C16H24N4. The van der Waals surface area contributed by atoms with Crippen LogP contribution in [0.1, 0.15) is 51.9 Å². The minimum absolute atomic E-state index is 0.180. The number of imidazole rings is 1. The molecule has 0 bridgehead atoms. The van der Waals surface area contributed by atoms with Crippen LogP contribution in [-0.2, 0) is 5.41 Å². The molecule has 0 radical (unpaired) electrons. The first-order valence-corrected chi connectivity index (χ1v) is 7.72. The van der Waals surface area contributed by atoms with E-state index in [-0.39, 0.29) is 5.41 Å². The highest BCUT2D eigenvalue weighted by atomic mass is 15.2. The number of aromatic nitrogens is 3. The Labute approximate surface area is 120 Å². The highest BCUT2D eigenvalue weighted by Crippen LogP contribution is 2.37. The van der Waals surface area contributed by atoms with E-state index in [1.165, 1.54) is 25.1 Å². The predicted octanol–water partition coefficient (Wildman–Crippen LogP) is 3.04. The van der Waals surface area contributed by atoms with Crippen LogP contribution in [0.25, 0.3) is 11.2 Å². The first-order valence-electron chi connectivity index (χ1n) is 7.72. The molecule has 3 heterocycles. The summed E-state index contributed by atoms with van der Waals surface area (Å²) in [6, 6.07) is 4.44. The average molecular weight is 272 g/mol. The molecule has 1 fully saturated rings. The van der Waals surface area contributed by atoms with Crippen LogP contribution >= 0.6 is 0 Å². The summed E-state index contributed by atoms with van der Waals surface area (Å²) >= 11 is 0. The molecule has 1 saturated heterocycles. The van der Waals surface area contributed by atoms with Gasteiger partial charge >= 0.3 is 0 Å². The summed E-state index contributed by atoms with van der Waals surface area (Å²) in [6.45, 7) is 8.84. The van der Waals surface area contributed by atoms with E-state index in [0.717, 1.165) is 24.3 Å². The summed E-state index contributed by atoms with van der Waals surface area (Å²) < 4.78 is 2.35. The van der Waals surface area contributed by atoms with E-state index in [0.29, 0.717) is 6.04 Å². The number of hydrogen-bond acceptors (Lipinski definition) is 3. The average Bonchev–Trinajstić information content (AvgIpc) is 3.03. The van der Waals surface area contributed by atoms with Gasteiger partial charge in [-0.2, -0.15) is 0 Å². The smallest absolute Gasteiger partial charge is 0.160 e. The zero-order valence-corrected chi connectivity index (χ0v) is 12.7. The third-order valence-corrected chi connectivity index (χ3v) is 4.41. The van der Waals surface area contributed by atoms with E-state index < -0.39 is 0 Å². The quantitative estimate of drug-likeness (QED) is 0.930. The lowest BCUT2D eigenvalue weighted by atomic mass is 9.81. The summed E-state index contributed by atoms with van der Waals surface area (Å²) in [4.78, 5) is 9.53. The van der Waals surface area contributed by atoms with Crippen LogP contribution < -0.4 is 5.32 Å². The maximum absolute atomic E-state index is 4.97. The number of nitrogens with one attached hydrogen (secondary N) is 1. The molecular weight excluding hydrogens is 248 g/mol. The van der Waals surface area contributed by atoms with Gasteiger partial charge in [0.1, 0.15) is 11.3 Å². The van der Waals surface area contributed by atoms with Crippen LogP contribution in [0.4, 0.5) is 0 Å². The van der Waals surface area contributed by atoms with Crippen LogP contribution in [0.3, 0.4) is 0 Å². The van der Waals surface area contributed by atoms with Crippen molar-refractivity contribution in [1.29, 1.82) is 0 Å². The Morgan fingerprint density at radius 2 is 2.30 bits per heavy atom. The third-order valence-electron chi connectivity index (χ3n) is 4.41. The van der Waals surface area contributed by atoms with E-state index in [1.54, 1.807) is 0 Å². The fraction of sp³-hybridized carbons (Fsp3) is 0.625. The molecule has 1 aliphatic heterocycles. The molecule has 1 aliphatic rings. The molecule has 2 aromatic heterocycles. The largest absolute Gasteiger partial charge is 0.316 e. The Kier molecular flexibility index (Phi) is 3.50. The Bertz CT molecular complexity index is 594. The van der Waals surface area contributed by atoms with Crippen molar-refractivity contribution in [3.8, 4) is 0 Å². The zero-order chi connectivity index (χ0) is 14.2. The molecule has 1 N–H and O–H groups in total. The third kappa shape index (κ3) is 2.03. The topological polar surface area (TPSA) is 42.7 Å². The minimum Gasteiger partial charge on any atom is -0.316 e. The lowest BCUT2D eigenvalue weighted by Crippen LogP contribution is -2.33. The fourth-order valence-electron chi connectivity index (χ4n) is 3.53. The molecule has 1 unspecified atom stereocenters. The SMILES string of the molecule is CCCC1(c2nc3cccnc3n2C(C)C)CCNC1. The molecule has 0 saturated carbocycles. The van der Waals surface area contributed by atoms with Crippen molar-refractivity contribution in [2.75, 3.05) is 13.1 Å². The molecule has 20 heavy (non-hydrogen) atoms. The van der Waals surface area contributed by atoms with Crippen molar-refractivity contribution >= 4 is 11.2 Å². The van der Waals surface area contributed by atoms with Crippen molar-refractivity contribution < 1.29 is 0 Å². The van der Waals surface area contributed by atoms with Crippen LogP contribution in [0.2, 0.25) is 0 Å². The number of fused-ring (bicyclic) bond motifs is 1. The summed E-state index contributed by atoms with van der Waals surface area (Å²) in [5, 5.41) is 3.53. The predicted molar refractivity (Wildman–Crippen MR) is 82.0 cm³/mol. The number of hydrogen-bond donors (Lipinski definition) is 1. The van der Waals surface area contributed by atoms with Gasteiger partial charge in [0, 0.05) is 24.2 Å². The monoisotopic (exact) mass is 272 g/mol. The van der Waals surface area contributed by atoms with E-state index in [2.05, 4.69) is 41.7 Å². The highest BCUT2D eigenvalue weighted by Gasteiger charge is 2.39. The Balaban J connectivity index is 2.21. The first kappa shape index (κ1) is 13.6. The standard InChI is InChI=1S/C16H24N4/c1-4-7-16(8-10-17-11-16)15-19-13-6-5-9-18-14(13)20(15)12(2)3/h5-6,9,12,17H,4,7-8,10-11H2,1-3H3. The number of pyridine rings is 1. The second-order valence-corrected chi connectivity index (χ2v) is 6.20. The van der Waals surface area contributed by atoms with E-state index in [4.69, 9.17) is 4.98 Å². The van der Waals surface area contributed by atoms with Crippen molar-refractivity contribution in [3.63, 3.8) is 0 Å². The van der Waals surface area contributed by atoms with Crippen molar-refractivity contribution in [3.05, 3.63) is 24.2 Å². The van der Waals surface area contributed by atoms with Gasteiger partial charge in [0.05, 0.1) is 0 Å². The van der Waals surface area contributed by atoms with Gasteiger partial charge in [-0.05, 0) is 45.4 Å². The van der Waals surface area contributed by atoms with Gasteiger partial charge in [0.15, 0.2) is 5.65 Å². The van der Waals surface area contributed by atoms with E-state index in [9.17, 15) is 0 Å². The van der Waals surface area contributed by atoms with E-state index >= 15 is 0 Å². The molecule has 4 heteroatoms. The molecule has 1 atom stereocenters. The van der Waals surface area contributed by atoms with Crippen LogP contribution in [0.15, 0.2) is 18.3 Å². The van der Waals surface area contributed by atoms with Gasteiger partial charge in [-0.3, -0.25) is 0 Å². The molecule has 108 valence electrons. The van der Waals surface area contributed by atoms with Gasteiger partial charge in [-0.1, -0.05) is 13.3 Å². The molecule has 0 spiro atoms. The Morgan fingerprint density at radius 1 is 1.45 bits per heavy atom. The van der Waals surface area contributed by atoms with Gasteiger partial charge in [-0.25, -0.2) is 9.97 Å². The van der Waals surface area contributed by atoms with Gasteiger partial charge < -0.3 is 9.88 Å². The van der Waals surface area contributed by atoms with Gasteiger partial charge in [0.2, 0.25) is 0 Å². The number of rotatable bonds is 4. The fourth-order valence-corrected chi connectivity index (χ4v) is 3.53. The first-order chi connectivity index (χ1) is 9.68. The Morgan fingerprint density at radius 3 is 2.95 bits per heavy atom. The summed E-state index contributed by atoms with van der Waals surface area (Å²) in [7, 11) is 0. The minimum atomic E-state index is 0.180. The Hall–Kier alpha value is -1.42. The van der Waals surface area contributed by atoms with Gasteiger partial charge in [0.25, 0.3) is 0 Å². The van der Waals surface area contributed by atoms with Crippen molar-refractivity contribution in [2.24, 2.45) is 0 Å². The lowest BCUT2D eigenvalue weighted by molar-refractivity contribution is 0.375.